The van der Waals surface area contributed by atoms with Gasteiger partial charge < -0.3 is 0 Å². The Morgan fingerprint density at radius 1 is 0.656 bits per heavy atom. The van der Waals surface area contributed by atoms with Crippen LogP contribution < -0.4 is 0 Å². The zero-order valence-electron chi connectivity index (χ0n) is 16.9. The second-order valence-electron chi connectivity index (χ2n) is 7.52. The number of nitrogens with zero attached hydrogens (tertiary/aromatic N) is 2. The number of hydrogen-bond acceptors (Lipinski definition) is 3. The molecule has 168 valence electrons. The van der Waals surface area contributed by atoms with E-state index in [4.69, 9.17) is 46.4 Å². The van der Waals surface area contributed by atoms with E-state index in [-0.39, 0.29) is 16.0 Å². The highest BCUT2D eigenvalue weighted by Crippen LogP contribution is 2.33. The molecule has 1 heterocycles. The Hall–Kier alpha value is -1.31. The fourth-order valence-corrected chi connectivity index (χ4v) is 6.35. The number of benzene rings is 3. The van der Waals surface area contributed by atoms with Gasteiger partial charge in [0.25, 0.3) is 0 Å². The number of piperazine rings is 1. The Morgan fingerprint density at radius 3 is 1.59 bits per heavy atom. The summed E-state index contributed by atoms with van der Waals surface area (Å²) in [5.41, 5.74) is 2.16. The zero-order valence-corrected chi connectivity index (χ0v) is 20.7. The number of halogens is 4. The van der Waals surface area contributed by atoms with Gasteiger partial charge in [0, 0.05) is 41.2 Å². The maximum atomic E-state index is 13.2. The quantitative estimate of drug-likeness (QED) is 0.384. The van der Waals surface area contributed by atoms with E-state index in [1.165, 1.54) is 22.5 Å². The van der Waals surface area contributed by atoms with Crippen molar-refractivity contribution in [2.45, 2.75) is 10.9 Å². The summed E-state index contributed by atoms with van der Waals surface area (Å²) in [6.45, 7) is 1.80. The minimum absolute atomic E-state index is 0.0477. The highest BCUT2D eigenvalue weighted by Gasteiger charge is 2.33. The van der Waals surface area contributed by atoms with Crippen molar-refractivity contribution in [2.24, 2.45) is 0 Å². The minimum Gasteiger partial charge on any atom is -0.290 e. The van der Waals surface area contributed by atoms with Crippen LogP contribution in [0.5, 0.6) is 0 Å². The van der Waals surface area contributed by atoms with Gasteiger partial charge in [-0.05, 0) is 53.6 Å². The molecule has 0 spiro atoms. The maximum Gasteiger partial charge on any atom is 0.244 e. The molecule has 0 bridgehead atoms. The zero-order chi connectivity index (χ0) is 22.9. The van der Waals surface area contributed by atoms with Crippen LogP contribution in [0, 0.1) is 0 Å². The van der Waals surface area contributed by atoms with E-state index in [0.717, 1.165) is 11.1 Å². The molecule has 1 aliphatic heterocycles. The van der Waals surface area contributed by atoms with Crippen molar-refractivity contribution in [1.82, 2.24) is 9.21 Å². The van der Waals surface area contributed by atoms with Gasteiger partial charge >= 0.3 is 0 Å². The third-order valence-electron chi connectivity index (χ3n) is 5.52. The SMILES string of the molecule is O=S(=O)(c1ccc(Cl)cc1Cl)N1CCN(C(c2ccc(Cl)cc2)c2ccc(Cl)cc2)CC1. The lowest BCUT2D eigenvalue weighted by atomic mass is 9.96. The van der Waals surface area contributed by atoms with E-state index >= 15 is 0 Å². The monoisotopic (exact) mass is 528 g/mol. The lowest BCUT2D eigenvalue weighted by molar-refractivity contribution is 0.156. The van der Waals surface area contributed by atoms with Gasteiger partial charge in [-0.1, -0.05) is 70.7 Å². The molecule has 1 aliphatic rings. The fourth-order valence-electron chi connectivity index (χ4n) is 3.93. The molecule has 9 heteroatoms. The van der Waals surface area contributed by atoms with E-state index in [1.807, 2.05) is 48.5 Å². The Morgan fingerprint density at radius 2 is 1.12 bits per heavy atom. The molecule has 4 nitrogen and oxygen atoms in total. The first-order valence-corrected chi connectivity index (χ1v) is 12.9. The van der Waals surface area contributed by atoms with E-state index in [0.29, 0.717) is 41.2 Å². The predicted molar refractivity (Wildman–Crippen MR) is 132 cm³/mol. The van der Waals surface area contributed by atoms with E-state index in [2.05, 4.69) is 4.90 Å². The molecule has 3 aromatic carbocycles. The summed E-state index contributed by atoms with van der Waals surface area (Å²) in [5.74, 6) is 0. The summed E-state index contributed by atoms with van der Waals surface area (Å²) in [4.78, 5) is 2.34. The molecule has 0 aliphatic carbocycles. The molecule has 4 rings (SSSR count). The third-order valence-corrected chi connectivity index (χ3v) is 8.64. The van der Waals surface area contributed by atoms with Gasteiger partial charge in [0.1, 0.15) is 4.90 Å². The topological polar surface area (TPSA) is 40.6 Å². The summed E-state index contributed by atoms with van der Waals surface area (Å²) in [5, 5.41) is 1.85. The number of sulfonamides is 1. The van der Waals surface area contributed by atoms with Crippen molar-refractivity contribution in [2.75, 3.05) is 26.2 Å². The molecule has 0 saturated carbocycles. The van der Waals surface area contributed by atoms with Crippen LogP contribution in [0.3, 0.4) is 0 Å². The lowest BCUT2D eigenvalue weighted by Crippen LogP contribution is -2.49. The smallest absolute Gasteiger partial charge is 0.244 e. The highest BCUT2D eigenvalue weighted by molar-refractivity contribution is 7.89. The highest BCUT2D eigenvalue weighted by atomic mass is 35.5. The van der Waals surface area contributed by atoms with Gasteiger partial charge in [-0.2, -0.15) is 4.31 Å². The van der Waals surface area contributed by atoms with Crippen molar-refractivity contribution in [3.63, 3.8) is 0 Å². The van der Waals surface area contributed by atoms with Crippen molar-refractivity contribution in [3.05, 3.63) is 97.9 Å². The van der Waals surface area contributed by atoms with Crippen molar-refractivity contribution in [3.8, 4) is 0 Å². The van der Waals surface area contributed by atoms with Crippen LogP contribution in [0.1, 0.15) is 17.2 Å². The van der Waals surface area contributed by atoms with Gasteiger partial charge in [-0.15, -0.1) is 0 Å². The van der Waals surface area contributed by atoms with Gasteiger partial charge in [-0.25, -0.2) is 8.42 Å². The first kappa shape index (κ1) is 23.8. The van der Waals surface area contributed by atoms with Gasteiger partial charge in [0.05, 0.1) is 11.1 Å². The van der Waals surface area contributed by atoms with Crippen LogP contribution >= 0.6 is 46.4 Å². The maximum absolute atomic E-state index is 13.2. The molecule has 1 saturated heterocycles. The van der Waals surface area contributed by atoms with E-state index < -0.39 is 10.0 Å². The van der Waals surface area contributed by atoms with Crippen LogP contribution in [0.15, 0.2) is 71.6 Å². The summed E-state index contributed by atoms with van der Waals surface area (Å²) < 4.78 is 27.8. The Bertz CT molecular complexity index is 1150. The second kappa shape index (κ2) is 9.90. The first-order valence-electron chi connectivity index (χ1n) is 9.96. The average Bonchev–Trinajstić information content (AvgIpc) is 2.77. The Kier molecular flexibility index (Phi) is 7.37. The summed E-state index contributed by atoms with van der Waals surface area (Å²) in [6.07, 6.45) is 0. The van der Waals surface area contributed by atoms with E-state index in [1.54, 1.807) is 0 Å². The van der Waals surface area contributed by atoms with Crippen molar-refractivity contribution < 1.29 is 8.42 Å². The Balaban J connectivity index is 1.58. The number of rotatable bonds is 5. The largest absolute Gasteiger partial charge is 0.290 e. The molecule has 0 unspecified atom stereocenters. The Labute approximate surface area is 208 Å². The van der Waals surface area contributed by atoms with Crippen molar-refractivity contribution in [1.29, 1.82) is 0 Å². The van der Waals surface area contributed by atoms with Gasteiger partial charge in [0.2, 0.25) is 10.0 Å². The molecule has 0 atom stereocenters. The number of hydrogen-bond donors (Lipinski definition) is 0. The van der Waals surface area contributed by atoms with E-state index in [9.17, 15) is 8.42 Å². The van der Waals surface area contributed by atoms with Crippen molar-refractivity contribution >= 4 is 56.4 Å². The fraction of sp³-hybridized carbons (Fsp3) is 0.217. The molecule has 0 N–H and O–H groups in total. The summed E-state index contributed by atoms with van der Waals surface area (Å²) in [7, 11) is -3.72. The summed E-state index contributed by atoms with van der Waals surface area (Å²) >= 11 is 24.3. The predicted octanol–water partition coefficient (Wildman–Crippen LogP) is 6.40. The normalized spacial score (nSPS) is 15.9. The van der Waals surface area contributed by atoms with Crippen LogP contribution in [0.4, 0.5) is 0 Å². The second-order valence-corrected chi connectivity index (χ2v) is 11.1. The molecule has 0 amide bonds. The van der Waals surface area contributed by atoms with Gasteiger partial charge in [-0.3, -0.25) is 4.90 Å². The molecular weight excluding hydrogens is 510 g/mol. The molecule has 0 aromatic heterocycles. The molecular formula is C23H20Cl4N2O2S. The average molecular weight is 530 g/mol. The van der Waals surface area contributed by atoms with Gasteiger partial charge in [0.15, 0.2) is 0 Å². The standard InChI is InChI=1S/C23H20Cl4N2O2S/c24-18-5-1-16(2-6-18)23(17-3-7-19(25)8-4-17)28-11-13-29(14-12-28)32(30,31)22-10-9-20(26)15-21(22)27/h1-10,15,23H,11-14H2. The molecule has 0 radical (unpaired) electrons. The molecule has 32 heavy (non-hydrogen) atoms. The van der Waals surface area contributed by atoms with Crippen LogP contribution in [-0.4, -0.2) is 43.8 Å². The molecule has 3 aromatic rings. The third kappa shape index (κ3) is 5.10. The summed E-state index contributed by atoms with van der Waals surface area (Å²) in [6, 6.07) is 19.8. The minimum atomic E-state index is -3.72. The van der Waals surface area contributed by atoms with Crippen LogP contribution in [0.25, 0.3) is 0 Å². The van der Waals surface area contributed by atoms with Crippen LogP contribution in [0.2, 0.25) is 20.1 Å². The van der Waals surface area contributed by atoms with Crippen LogP contribution in [-0.2, 0) is 10.0 Å². The molecule has 1 fully saturated rings. The first-order chi connectivity index (χ1) is 15.3. The lowest BCUT2D eigenvalue weighted by Gasteiger charge is -2.39.